The summed E-state index contributed by atoms with van der Waals surface area (Å²) in [6.07, 6.45) is 1.02. The molecule has 0 saturated carbocycles. The number of hydrogen-bond acceptors (Lipinski definition) is 2. The van der Waals surface area contributed by atoms with Crippen molar-refractivity contribution in [2.45, 2.75) is 39.5 Å². The summed E-state index contributed by atoms with van der Waals surface area (Å²) in [5, 5.41) is -0.409. The number of nitrogens with zero attached hydrogens (tertiary/aromatic N) is 2. The Morgan fingerprint density at radius 2 is 1.69 bits per heavy atom. The van der Waals surface area contributed by atoms with Gasteiger partial charge < -0.3 is 9.80 Å². The zero-order valence-corrected chi connectivity index (χ0v) is 11.8. The molecule has 96 valence electrons. The van der Waals surface area contributed by atoms with Crippen molar-refractivity contribution in [3.05, 3.63) is 0 Å². The highest BCUT2D eigenvalue weighted by atomic mass is 35.5. The molecule has 0 bridgehead atoms. The molecular weight excluding hydrogens is 224 g/mol. The van der Waals surface area contributed by atoms with Crippen LogP contribution < -0.4 is 0 Å². The lowest BCUT2D eigenvalue weighted by Gasteiger charge is -2.24. The number of halogens is 1. The maximum atomic E-state index is 11.7. The first-order valence-electron chi connectivity index (χ1n) is 6.21. The summed E-state index contributed by atoms with van der Waals surface area (Å²) in [6, 6.07) is 0. The van der Waals surface area contributed by atoms with Crippen LogP contribution in [0.3, 0.4) is 0 Å². The van der Waals surface area contributed by atoms with Crippen LogP contribution in [0.25, 0.3) is 0 Å². The average molecular weight is 249 g/mol. The van der Waals surface area contributed by atoms with Crippen molar-refractivity contribution in [1.82, 2.24) is 9.80 Å². The van der Waals surface area contributed by atoms with E-state index in [1.807, 2.05) is 11.8 Å². The lowest BCUT2D eigenvalue weighted by molar-refractivity contribution is -0.130. The first-order valence-corrected chi connectivity index (χ1v) is 6.65. The van der Waals surface area contributed by atoms with Crippen molar-refractivity contribution in [2.75, 3.05) is 32.7 Å². The third-order valence-electron chi connectivity index (χ3n) is 2.83. The number of alkyl halides is 1. The second-order valence-electron chi connectivity index (χ2n) is 3.91. The second kappa shape index (κ2) is 8.82. The summed E-state index contributed by atoms with van der Waals surface area (Å²) in [7, 11) is 0. The van der Waals surface area contributed by atoms with Gasteiger partial charge in [0.05, 0.1) is 0 Å². The molecule has 0 aromatic rings. The van der Waals surface area contributed by atoms with E-state index in [4.69, 9.17) is 11.6 Å². The zero-order valence-electron chi connectivity index (χ0n) is 11.0. The van der Waals surface area contributed by atoms with Crippen LogP contribution in [-0.2, 0) is 4.79 Å². The van der Waals surface area contributed by atoms with Gasteiger partial charge in [-0.05, 0) is 39.9 Å². The van der Waals surface area contributed by atoms with Crippen LogP contribution in [0.4, 0.5) is 0 Å². The van der Waals surface area contributed by atoms with E-state index in [1.54, 1.807) is 6.92 Å². The van der Waals surface area contributed by atoms with Crippen LogP contribution in [0, 0.1) is 0 Å². The standard InChI is InChI=1S/C12H25ClN2O/c1-5-14(6-2)9-8-10-15(7-3)12(16)11(4)13/h11H,5-10H2,1-4H3. The first-order chi connectivity index (χ1) is 7.56. The Kier molecular flexibility index (Phi) is 8.67. The minimum absolute atomic E-state index is 0.0451. The summed E-state index contributed by atoms with van der Waals surface area (Å²) in [6.45, 7) is 12.8. The lowest BCUT2D eigenvalue weighted by Crippen LogP contribution is -2.37. The monoisotopic (exact) mass is 248 g/mol. The molecule has 1 unspecified atom stereocenters. The highest BCUT2D eigenvalue weighted by Crippen LogP contribution is 2.03. The van der Waals surface area contributed by atoms with Crippen molar-refractivity contribution in [3.8, 4) is 0 Å². The van der Waals surface area contributed by atoms with Gasteiger partial charge in [0.2, 0.25) is 5.91 Å². The third kappa shape index (κ3) is 5.71. The lowest BCUT2D eigenvalue weighted by atomic mass is 10.3. The molecule has 0 N–H and O–H groups in total. The van der Waals surface area contributed by atoms with Crippen LogP contribution in [0.2, 0.25) is 0 Å². The molecule has 1 amide bonds. The van der Waals surface area contributed by atoms with E-state index in [0.717, 1.165) is 39.1 Å². The average Bonchev–Trinajstić information content (AvgIpc) is 2.28. The Balaban J connectivity index is 3.92. The Labute approximate surface area is 105 Å². The largest absolute Gasteiger partial charge is 0.342 e. The van der Waals surface area contributed by atoms with E-state index in [2.05, 4.69) is 18.7 Å². The Morgan fingerprint density at radius 3 is 2.06 bits per heavy atom. The van der Waals surface area contributed by atoms with Crippen LogP contribution in [-0.4, -0.2) is 53.8 Å². The second-order valence-corrected chi connectivity index (χ2v) is 4.57. The Morgan fingerprint density at radius 1 is 1.12 bits per heavy atom. The molecule has 0 aliphatic carbocycles. The molecule has 0 rings (SSSR count). The normalized spacial score (nSPS) is 12.9. The fourth-order valence-electron chi connectivity index (χ4n) is 1.70. The van der Waals surface area contributed by atoms with E-state index in [9.17, 15) is 4.79 Å². The molecule has 0 aliphatic heterocycles. The van der Waals surface area contributed by atoms with Gasteiger partial charge in [0.25, 0.3) is 0 Å². The van der Waals surface area contributed by atoms with Gasteiger partial charge in [-0.3, -0.25) is 4.79 Å². The molecule has 4 heteroatoms. The summed E-state index contributed by atoms with van der Waals surface area (Å²) in [5.74, 6) is 0.0451. The number of hydrogen-bond donors (Lipinski definition) is 0. The highest BCUT2D eigenvalue weighted by Gasteiger charge is 2.16. The summed E-state index contributed by atoms with van der Waals surface area (Å²) in [5.41, 5.74) is 0. The molecule has 1 atom stereocenters. The molecule has 0 heterocycles. The number of rotatable bonds is 8. The van der Waals surface area contributed by atoms with Gasteiger partial charge in [0.15, 0.2) is 0 Å². The third-order valence-corrected chi connectivity index (χ3v) is 3.02. The Bertz CT molecular complexity index is 193. The van der Waals surface area contributed by atoms with Gasteiger partial charge >= 0.3 is 0 Å². The van der Waals surface area contributed by atoms with Crippen molar-refractivity contribution in [2.24, 2.45) is 0 Å². The van der Waals surface area contributed by atoms with Crippen LogP contribution in [0.15, 0.2) is 0 Å². The Hall–Kier alpha value is -0.280. The van der Waals surface area contributed by atoms with Crippen molar-refractivity contribution in [1.29, 1.82) is 0 Å². The number of carbonyl (C=O) groups excluding carboxylic acids is 1. The fraction of sp³-hybridized carbons (Fsp3) is 0.917. The molecule has 0 aliphatic rings. The molecule has 0 spiro atoms. The van der Waals surface area contributed by atoms with Crippen LogP contribution >= 0.6 is 11.6 Å². The smallest absolute Gasteiger partial charge is 0.240 e. The topological polar surface area (TPSA) is 23.6 Å². The molecule has 0 fully saturated rings. The van der Waals surface area contributed by atoms with Crippen LogP contribution in [0.5, 0.6) is 0 Å². The van der Waals surface area contributed by atoms with Crippen molar-refractivity contribution in [3.63, 3.8) is 0 Å². The number of carbonyl (C=O) groups is 1. The number of amides is 1. The van der Waals surface area contributed by atoms with Gasteiger partial charge in [0, 0.05) is 13.1 Å². The summed E-state index contributed by atoms with van der Waals surface area (Å²) in [4.78, 5) is 15.9. The maximum absolute atomic E-state index is 11.7. The predicted molar refractivity (Wildman–Crippen MR) is 70.0 cm³/mol. The summed E-state index contributed by atoms with van der Waals surface area (Å²) >= 11 is 5.80. The minimum atomic E-state index is -0.409. The molecule has 0 saturated heterocycles. The quantitative estimate of drug-likeness (QED) is 0.615. The van der Waals surface area contributed by atoms with E-state index in [1.165, 1.54) is 0 Å². The van der Waals surface area contributed by atoms with Crippen molar-refractivity contribution >= 4 is 17.5 Å². The van der Waals surface area contributed by atoms with Gasteiger partial charge in [-0.2, -0.15) is 0 Å². The SMILES string of the molecule is CCN(CC)CCCN(CC)C(=O)C(C)Cl. The predicted octanol–water partition coefficient (Wildman–Crippen LogP) is 2.19. The maximum Gasteiger partial charge on any atom is 0.240 e. The van der Waals surface area contributed by atoms with Gasteiger partial charge in [-0.15, -0.1) is 11.6 Å². The molecule has 0 radical (unpaired) electrons. The highest BCUT2D eigenvalue weighted by molar-refractivity contribution is 6.30. The van der Waals surface area contributed by atoms with E-state index in [-0.39, 0.29) is 5.91 Å². The summed E-state index contributed by atoms with van der Waals surface area (Å²) < 4.78 is 0. The van der Waals surface area contributed by atoms with Gasteiger partial charge in [0.1, 0.15) is 5.38 Å². The van der Waals surface area contributed by atoms with Crippen LogP contribution in [0.1, 0.15) is 34.1 Å². The van der Waals surface area contributed by atoms with E-state index < -0.39 is 5.38 Å². The molecule has 16 heavy (non-hydrogen) atoms. The molecule has 0 aromatic carbocycles. The minimum Gasteiger partial charge on any atom is -0.342 e. The molecule has 0 aromatic heterocycles. The first kappa shape index (κ1) is 15.7. The molecule has 3 nitrogen and oxygen atoms in total. The van der Waals surface area contributed by atoms with Gasteiger partial charge in [-0.1, -0.05) is 13.8 Å². The fourth-order valence-corrected chi connectivity index (χ4v) is 1.84. The zero-order chi connectivity index (χ0) is 12.6. The van der Waals surface area contributed by atoms with Gasteiger partial charge in [-0.25, -0.2) is 0 Å². The molecular formula is C12H25ClN2O. The van der Waals surface area contributed by atoms with Crippen molar-refractivity contribution < 1.29 is 4.79 Å². The van der Waals surface area contributed by atoms with E-state index in [0.29, 0.717) is 0 Å². The van der Waals surface area contributed by atoms with E-state index >= 15 is 0 Å².